The van der Waals surface area contributed by atoms with Crippen molar-refractivity contribution in [1.82, 2.24) is 25.1 Å². The van der Waals surface area contributed by atoms with Crippen molar-refractivity contribution in [2.45, 2.75) is 18.1 Å². The molecule has 2 aromatic carbocycles. The first-order valence-electron chi connectivity index (χ1n) is 10.9. The summed E-state index contributed by atoms with van der Waals surface area (Å²) in [6, 6.07) is 14.7. The lowest BCUT2D eigenvalue weighted by Crippen LogP contribution is -2.26. The van der Waals surface area contributed by atoms with E-state index in [9.17, 15) is 9.59 Å². The van der Waals surface area contributed by atoms with Gasteiger partial charge in [-0.15, -0.1) is 21.5 Å². The molecule has 0 aliphatic carbocycles. The molecule has 10 nitrogen and oxygen atoms in total. The molecule has 4 aromatic rings. The number of thiazole rings is 1. The number of thioether (sulfide) groups is 1. The topological polar surface area (TPSA) is 120 Å². The van der Waals surface area contributed by atoms with Gasteiger partial charge >= 0.3 is 0 Å². The van der Waals surface area contributed by atoms with Crippen LogP contribution < -0.4 is 20.1 Å². The Morgan fingerprint density at radius 1 is 1.03 bits per heavy atom. The van der Waals surface area contributed by atoms with Gasteiger partial charge in [-0.25, -0.2) is 4.98 Å². The van der Waals surface area contributed by atoms with Crippen LogP contribution in [0.3, 0.4) is 0 Å². The average molecular weight is 525 g/mol. The van der Waals surface area contributed by atoms with E-state index in [0.717, 1.165) is 11.3 Å². The number of ether oxygens (including phenoxy) is 2. The highest BCUT2D eigenvalue weighted by atomic mass is 32.2. The molecule has 0 aliphatic rings. The Balaban J connectivity index is 1.48. The third-order valence-corrected chi connectivity index (χ3v) is 6.62. The van der Waals surface area contributed by atoms with Crippen molar-refractivity contribution in [3.8, 4) is 17.2 Å². The number of methoxy groups -OCH3 is 2. The molecular weight excluding hydrogens is 500 g/mol. The highest BCUT2D eigenvalue weighted by Crippen LogP contribution is 2.28. The van der Waals surface area contributed by atoms with Crippen molar-refractivity contribution in [2.75, 3.05) is 25.3 Å². The summed E-state index contributed by atoms with van der Waals surface area (Å²) in [6.45, 7) is 0.145. The maximum absolute atomic E-state index is 12.6. The first kappa shape index (κ1) is 25.2. The van der Waals surface area contributed by atoms with E-state index in [1.807, 2.05) is 48.5 Å². The zero-order chi connectivity index (χ0) is 25.3. The zero-order valence-corrected chi connectivity index (χ0v) is 21.3. The quantitative estimate of drug-likeness (QED) is 0.287. The summed E-state index contributed by atoms with van der Waals surface area (Å²) in [4.78, 5) is 29.0. The first-order chi connectivity index (χ1) is 17.6. The fourth-order valence-corrected chi connectivity index (χ4v) is 4.61. The van der Waals surface area contributed by atoms with E-state index in [1.165, 1.54) is 23.1 Å². The summed E-state index contributed by atoms with van der Waals surface area (Å²) in [5.74, 6) is 1.58. The number of hydrogen-bond acceptors (Lipinski definition) is 9. The second-order valence-electron chi connectivity index (χ2n) is 7.38. The molecule has 0 radical (unpaired) electrons. The number of benzene rings is 2. The predicted octanol–water partition coefficient (Wildman–Crippen LogP) is 3.33. The maximum Gasteiger partial charge on any atom is 0.236 e. The first-order valence-corrected chi connectivity index (χ1v) is 12.7. The lowest BCUT2D eigenvalue weighted by atomic mass is 10.1. The van der Waals surface area contributed by atoms with E-state index in [0.29, 0.717) is 27.5 Å². The number of carbonyl (C=O) groups excluding carboxylic acids is 2. The highest BCUT2D eigenvalue weighted by Gasteiger charge is 2.19. The van der Waals surface area contributed by atoms with Crippen LogP contribution in [0, 0.1) is 0 Å². The maximum atomic E-state index is 12.6. The van der Waals surface area contributed by atoms with Crippen molar-refractivity contribution in [2.24, 2.45) is 0 Å². The van der Waals surface area contributed by atoms with Gasteiger partial charge < -0.3 is 20.1 Å². The fraction of sp³-hybridized carbons (Fsp3) is 0.208. The average Bonchev–Trinajstić information content (AvgIpc) is 3.56. The van der Waals surface area contributed by atoms with Crippen molar-refractivity contribution >= 4 is 40.0 Å². The number of hydrogen-bond donors (Lipinski definition) is 2. The van der Waals surface area contributed by atoms with Gasteiger partial charge in [0, 0.05) is 11.6 Å². The Morgan fingerprint density at radius 3 is 2.56 bits per heavy atom. The molecular formula is C24H24N6O4S2. The molecule has 0 bridgehead atoms. The number of para-hydroxylation sites is 2. The molecule has 36 heavy (non-hydrogen) atoms. The van der Waals surface area contributed by atoms with Crippen molar-refractivity contribution in [3.05, 3.63) is 71.5 Å². The van der Waals surface area contributed by atoms with Crippen LogP contribution in [0.25, 0.3) is 5.69 Å². The number of nitrogens with one attached hydrogen (secondary N) is 2. The second kappa shape index (κ2) is 12.2. The van der Waals surface area contributed by atoms with Crippen LogP contribution in [-0.2, 0) is 22.6 Å². The van der Waals surface area contributed by atoms with E-state index in [4.69, 9.17) is 9.47 Å². The van der Waals surface area contributed by atoms with Gasteiger partial charge in [-0.3, -0.25) is 14.2 Å². The lowest BCUT2D eigenvalue weighted by molar-refractivity contribution is -0.120. The number of rotatable bonds is 11. The SMILES string of the molecule is COc1ccc(CC(=O)NCc2nnc(SCC(=O)Nc3nccs3)n2-c2ccccc2OC)cc1. The summed E-state index contributed by atoms with van der Waals surface area (Å²) in [5.41, 5.74) is 1.56. The Labute approximate surface area is 216 Å². The standard InChI is InChI=1S/C24H24N6O4S2/c1-33-17-9-7-16(8-10-17)13-21(31)26-14-20-28-29-24(30(20)18-5-3-4-6-19(18)34-2)36-15-22(32)27-23-25-11-12-35-23/h3-12H,13-15H2,1-2H3,(H,26,31)(H,25,27,32). The van der Waals surface area contributed by atoms with E-state index in [2.05, 4.69) is 25.8 Å². The molecule has 0 fully saturated rings. The Bertz CT molecular complexity index is 1310. The molecule has 2 heterocycles. The molecule has 2 aromatic heterocycles. The summed E-state index contributed by atoms with van der Waals surface area (Å²) < 4.78 is 12.5. The second-order valence-corrected chi connectivity index (χ2v) is 9.22. The normalized spacial score (nSPS) is 10.6. The van der Waals surface area contributed by atoms with E-state index in [-0.39, 0.29) is 30.5 Å². The highest BCUT2D eigenvalue weighted by molar-refractivity contribution is 7.99. The van der Waals surface area contributed by atoms with E-state index in [1.54, 1.807) is 30.4 Å². The fourth-order valence-electron chi connectivity index (χ4n) is 3.30. The minimum Gasteiger partial charge on any atom is -0.497 e. The third kappa shape index (κ3) is 6.40. The zero-order valence-electron chi connectivity index (χ0n) is 19.6. The Kier molecular flexibility index (Phi) is 8.53. The smallest absolute Gasteiger partial charge is 0.236 e. The van der Waals surface area contributed by atoms with Gasteiger partial charge in [-0.05, 0) is 29.8 Å². The summed E-state index contributed by atoms with van der Waals surface area (Å²) >= 11 is 2.57. The summed E-state index contributed by atoms with van der Waals surface area (Å²) in [7, 11) is 3.17. The third-order valence-electron chi connectivity index (χ3n) is 5.00. The van der Waals surface area contributed by atoms with Gasteiger partial charge in [0.25, 0.3) is 0 Å². The van der Waals surface area contributed by atoms with Crippen LogP contribution in [0.5, 0.6) is 11.5 Å². The van der Waals surface area contributed by atoms with Crippen molar-refractivity contribution < 1.29 is 19.1 Å². The Hall–Kier alpha value is -3.90. The number of anilines is 1. The largest absolute Gasteiger partial charge is 0.497 e. The predicted molar refractivity (Wildman–Crippen MR) is 138 cm³/mol. The monoisotopic (exact) mass is 524 g/mol. The van der Waals surface area contributed by atoms with Gasteiger partial charge in [0.15, 0.2) is 16.1 Å². The van der Waals surface area contributed by atoms with Gasteiger partial charge in [0.2, 0.25) is 11.8 Å². The van der Waals surface area contributed by atoms with Crippen LogP contribution in [-0.4, -0.2) is 51.5 Å². The van der Waals surface area contributed by atoms with Crippen LogP contribution in [0.4, 0.5) is 5.13 Å². The molecule has 2 amide bonds. The van der Waals surface area contributed by atoms with Crippen molar-refractivity contribution in [1.29, 1.82) is 0 Å². The van der Waals surface area contributed by atoms with Crippen LogP contribution in [0.1, 0.15) is 11.4 Å². The molecule has 0 aliphatic heterocycles. The molecule has 2 N–H and O–H groups in total. The minimum atomic E-state index is -0.209. The number of aromatic nitrogens is 4. The molecule has 0 saturated carbocycles. The minimum absolute atomic E-state index is 0.108. The van der Waals surface area contributed by atoms with E-state index >= 15 is 0 Å². The molecule has 12 heteroatoms. The van der Waals surface area contributed by atoms with Gasteiger partial charge in [0.1, 0.15) is 11.5 Å². The summed E-state index contributed by atoms with van der Waals surface area (Å²) in [5, 5.41) is 17.0. The molecule has 4 rings (SSSR count). The molecule has 0 saturated heterocycles. The van der Waals surface area contributed by atoms with E-state index < -0.39 is 0 Å². The van der Waals surface area contributed by atoms with Crippen molar-refractivity contribution in [3.63, 3.8) is 0 Å². The molecule has 186 valence electrons. The van der Waals surface area contributed by atoms with Crippen LogP contribution >= 0.6 is 23.1 Å². The number of amides is 2. The van der Waals surface area contributed by atoms with Crippen LogP contribution in [0.15, 0.2) is 65.3 Å². The van der Waals surface area contributed by atoms with Gasteiger partial charge in [0.05, 0.1) is 38.6 Å². The Morgan fingerprint density at radius 2 is 1.83 bits per heavy atom. The molecule has 0 unspecified atom stereocenters. The summed E-state index contributed by atoms with van der Waals surface area (Å²) in [6.07, 6.45) is 1.84. The van der Waals surface area contributed by atoms with Gasteiger partial charge in [-0.2, -0.15) is 0 Å². The molecule has 0 atom stereocenters. The number of carbonyl (C=O) groups is 2. The van der Waals surface area contributed by atoms with Gasteiger partial charge in [-0.1, -0.05) is 36.0 Å². The number of nitrogens with zero attached hydrogens (tertiary/aromatic N) is 4. The lowest BCUT2D eigenvalue weighted by Gasteiger charge is -2.14. The molecule has 0 spiro atoms. The van der Waals surface area contributed by atoms with Crippen LogP contribution in [0.2, 0.25) is 0 Å².